The number of aliphatic carboxylic acids is 1. The number of rotatable bonds is 8. The molecular formula is C25H24N2O4S. The van der Waals surface area contributed by atoms with Gasteiger partial charge in [-0.15, -0.1) is 11.8 Å². The second-order valence-electron chi connectivity index (χ2n) is 7.45. The Morgan fingerprint density at radius 3 is 2.56 bits per heavy atom. The molecule has 0 saturated carbocycles. The van der Waals surface area contributed by atoms with Crippen molar-refractivity contribution in [3.8, 4) is 22.6 Å². The number of aromatic nitrogens is 1. The predicted octanol–water partition coefficient (Wildman–Crippen LogP) is 4.73. The lowest BCUT2D eigenvalue weighted by Gasteiger charge is -2.13. The van der Waals surface area contributed by atoms with E-state index in [4.69, 9.17) is 14.5 Å². The summed E-state index contributed by atoms with van der Waals surface area (Å²) in [6, 6.07) is 19.1. The van der Waals surface area contributed by atoms with Crippen molar-refractivity contribution < 1.29 is 19.4 Å². The normalized spacial score (nSPS) is 12.2. The van der Waals surface area contributed by atoms with Crippen molar-refractivity contribution in [3.05, 3.63) is 71.8 Å². The number of benzene rings is 3. The zero-order chi connectivity index (χ0) is 22.7. The van der Waals surface area contributed by atoms with Crippen LogP contribution in [0.2, 0.25) is 0 Å². The number of hydrogen-bond donors (Lipinski definition) is 3. The summed E-state index contributed by atoms with van der Waals surface area (Å²) in [5.74, 6) is -0.539. The Morgan fingerprint density at radius 1 is 1.12 bits per heavy atom. The van der Waals surface area contributed by atoms with Gasteiger partial charge in [-0.3, -0.25) is 10.1 Å². The van der Waals surface area contributed by atoms with Gasteiger partial charge in [0.25, 0.3) is 0 Å². The summed E-state index contributed by atoms with van der Waals surface area (Å²) in [4.78, 5) is 16.9. The highest BCUT2D eigenvalue weighted by Crippen LogP contribution is 2.34. The van der Waals surface area contributed by atoms with Crippen molar-refractivity contribution in [2.45, 2.75) is 24.4 Å². The third-order valence-corrected chi connectivity index (χ3v) is 6.28. The molecule has 3 N–H and O–H groups in total. The maximum absolute atomic E-state index is 11.2. The number of thioether (sulfide) groups is 1. The van der Waals surface area contributed by atoms with Gasteiger partial charge in [-0.25, -0.2) is 4.98 Å². The molecule has 4 rings (SSSR count). The van der Waals surface area contributed by atoms with Crippen LogP contribution in [-0.2, 0) is 11.3 Å². The van der Waals surface area contributed by atoms with Gasteiger partial charge in [0.05, 0.1) is 6.61 Å². The SMILES string of the molecule is CSc1cc2oc(-c3cccc(-c4ccccc4)c3C)nc2cc1CN[C@@H](CO)C(=O)O. The first-order valence-corrected chi connectivity index (χ1v) is 11.4. The Hall–Kier alpha value is -3.13. The number of aliphatic hydroxyl groups excluding tert-OH is 1. The third-order valence-electron chi connectivity index (χ3n) is 5.46. The van der Waals surface area contributed by atoms with Crippen LogP contribution in [0.3, 0.4) is 0 Å². The molecule has 3 aromatic carbocycles. The van der Waals surface area contributed by atoms with E-state index >= 15 is 0 Å². The van der Waals surface area contributed by atoms with E-state index in [0.29, 0.717) is 23.5 Å². The van der Waals surface area contributed by atoms with E-state index in [1.54, 1.807) is 11.8 Å². The van der Waals surface area contributed by atoms with Crippen LogP contribution in [0.4, 0.5) is 0 Å². The maximum atomic E-state index is 11.2. The number of nitrogens with zero attached hydrogens (tertiary/aromatic N) is 1. The van der Waals surface area contributed by atoms with Crippen molar-refractivity contribution >= 4 is 28.8 Å². The molecule has 0 saturated heterocycles. The van der Waals surface area contributed by atoms with E-state index < -0.39 is 18.6 Å². The van der Waals surface area contributed by atoms with Gasteiger partial charge in [0.15, 0.2) is 5.58 Å². The predicted molar refractivity (Wildman–Crippen MR) is 127 cm³/mol. The van der Waals surface area contributed by atoms with Gasteiger partial charge in [0.2, 0.25) is 5.89 Å². The molecule has 0 fully saturated rings. The first-order chi connectivity index (χ1) is 15.5. The molecule has 0 aliphatic rings. The van der Waals surface area contributed by atoms with Crippen molar-refractivity contribution in [1.82, 2.24) is 10.3 Å². The van der Waals surface area contributed by atoms with Crippen LogP contribution < -0.4 is 5.32 Å². The fourth-order valence-corrected chi connectivity index (χ4v) is 4.32. The number of hydrogen-bond acceptors (Lipinski definition) is 6. The summed E-state index contributed by atoms with van der Waals surface area (Å²) in [7, 11) is 0. The Morgan fingerprint density at radius 2 is 1.88 bits per heavy atom. The standard InChI is InChI=1S/C25H24N2O4S/c1-15-18(16-7-4-3-5-8-16)9-6-10-19(15)24-27-20-11-17(13-26-21(14-28)25(29)30)23(32-2)12-22(20)31-24/h3-12,21,26,28H,13-14H2,1-2H3,(H,29,30)/t21-/m0/s1. The molecule has 0 unspecified atom stereocenters. The summed E-state index contributed by atoms with van der Waals surface area (Å²) < 4.78 is 6.13. The molecule has 32 heavy (non-hydrogen) atoms. The fraction of sp³-hybridized carbons (Fsp3) is 0.200. The Bertz CT molecular complexity index is 1250. The first-order valence-electron chi connectivity index (χ1n) is 10.2. The van der Waals surface area contributed by atoms with Crippen molar-refractivity contribution in [2.75, 3.05) is 12.9 Å². The van der Waals surface area contributed by atoms with Crippen LogP contribution in [0, 0.1) is 6.92 Å². The fourth-order valence-electron chi connectivity index (χ4n) is 3.70. The third kappa shape index (κ3) is 4.41. The van der Waals surface area contributed by atoms with E-state index in [9.17, 15) is 9.90 Å². The van der Waals surface area contributed by atoms with Crippen LogP contribution in [0.1, 0.15) is 11.1 Å². The molecule has 0 radical (unpaired) electrons. The lowest BCUT2D eigenvalue weighted by Crippen LogP contribution is -2.39. The highest BCUT2D eigenvalue weighted by Gasteiger charge is 2.18. The number of carbonyl (C=O) groups is 1. The molecule has 4 aromatic rings. The molecule has 6 nitrogen and oxygen atoms in total. The highest BCUT2D eigenvalue weighted by atomic mass is 32.2. The number of carboxylic acids is 1. The molecule has 0 aliphatic carbocycles. The van der Waals surface area contributed by atoms with Crippen LogP contribution in [-0.4, -0.2) is 40.1 Å². The quantitative estimate of drug-likeness (QED) is 0.336. The lowest BCUT2D eigenvalue weighted by atomic mass is 9.96. The molecule has 0 spiro atoms. The zero-order valence-electron chi connectivity index (χ0n) is 17.8. The van der Waals surface area contributed by atoms with Gasteiger partial charge in [0.1, 0.15) is 11.6 Å². The van der Waals surface area contributed by atoms with E-state index in [0.717, 1.165) is 32.7 Å². The summed E-state index contributed by atoms with van der Waals surface area (Å²) in [6.07, 6.45) is 1.95. The van der Waals surface area contributed by atoms with Crippen LogP contribution in [0.15, 0.2) is 70.0 Å². The minimum absolute atomic E-state index is 0.300. The Kier molecular flexibility index (Phi) is 6.60. The van der Waals surface area contributed by atoms with Gasteiger partial charge in [-0.1, -0.05) is 42.5 Å². The van der Waals surface area contributed by atoms with Crippen molar-refractivity contribution in [1.29, 1.82) is 0 Å². The molecule has 7 heteroatoms. The smallest absolute Gasteiger partial charge is 0.323 e. The monoisotopic (exact) mass is 448 g/mol. The molecule has 0 aliphatic heterocycles. The first kappa shape index (κ1) is 22.1. The number of oxazole rings is 1. The average Bonchev–Trinajstić information content (AvgIpc) is 3.22. The largest absolute Gasteiger partial charge is 0.480 e. The zero-order valence-corrected chi connectivity index (χ0v) is 18.6. The summed E-state index contributed by atoms with van der Waals surface area (Å²) in [5, 5.41) is 21.3. The lowest BCUT2D eigenvalue weighted by molar-refractivity contribution is -0.140. The topological polar surface area (TPSA) is 95.6 Å². The molecule has 1 heterocycles. The van der Waals surface area contributed by atoms with Gasteiger partial charge in [0, 0.05) is 17.0 Å². The minimum atomic E-state index is -1.09. The molecular weight excluding hydrogens is 424 g/mol. The van der Waals surface area contributed by atoms with E-state index in [2.05, 4.69) is 30.4 Å². The summed E-state index contributed by atoms with van der Waals surface area (Å²) in [5.41, 5.74) is 6.56. The second kappa shape index (κ2) is 9.56. The molecule has 0 amide bonds. The van der Waals surface area contributed by atoms with E-state index in [1.807, 2.05) is 48.7 Å². The number of nitrogens with one attached hydrogen (secondary N) is 1. The highest BCUT2D eigenvalue weighted by molar-refractivity contribution is 7.98. The molecule has 164 valence electrons. The summed E-state index contributed by atoms with van der Waals surface area (Å²) in [6.45, 7) is 1.89. The second-order valence-corrected chi connectivity index (χ2v) is 8.30. The summed E-state index contributed by atoms with van der Waals surface area (Å²) >= 11 is 1.55. The van der Waals surface area contributed by atoms with Crippen LogP contribution in [0.25, 0.3) is 33.7 Å². The van der Waals surface area contributed by atoms with Crippen LogP contribution in [0.5, 0.6) is 0 Å². The molecule has 1 aromatic heterocycles. The Labute approximate surface area is 190 Å². The number of fused-ring (bicyclic) bond motifs is 1. The number of aliphatic hydroxyl groups is 1. The average molecular weight is 449 g/mol. The molecule has 0 bridgehead atoms. The van der Waals surface area contributed by atoms with Gasteiger partial charge in [-0.05, 0) is 53.6 Å². The van der Waals surface area contributed by atoms with Crippen molar-refractivity contribution in [3.63, 3.8) is 0 Å². The van der Waals surface area contributed by atoms with Gasteiger partial charge >= 0.3 is 5.97 Å². The maximum Gasteiger partial charge on any atom is 0.323 e. The number of carboxylic acid groups (broad SMARTS) is 1. The van der Waals surface area contributed by atoms with E-state index in [1.165, 1.54) is 0 Å². The van der Waals surface area contributed by atoms with E-state index in [-0.39, 0.29) is 0 Å². The Balaban J connectivity index is 1.71. The van der Waals surface area contributed by atoms with Gasteiger partial charge < -0.3 is 14.6 Å². The van der Waals surface area contributed by atoms with Crippen LogP contribution >= 0.6 is 11.8 Å². The van der Waals surface area contributed by atoms with Crippen molar-refractivity contribution in [2.24, 2.45) is 0 Å². The molecule has 1 atom stereocenters. The van der Waals surface area contributed by atoms with Gasteiger partial charge in [-0.2, -0.15) is 0 Å². The minimum Gasteiger partial charge on any atom is -0.480 e.